The van der Waals surface area contributed by atoms with Gasteiger partial charge < -0.3 is 14.6 Å². The molecule has 0 amide bonds. The van der Waals surface area contributed by atoms with Crippen molar-refractivity contribution in [3.8, 4) is 5.75 Å². The molecule has 6 nitrogen and oxygen atoms in total. The minimum atomic E-state index is -1.00. The number of ether oxygens (including phenoxy) is 2. The maximum absolute atomic E-state index is 10.5. The van der Waals surface area contributed by atoms with Gasteiger partial charge in [0.2, 0.25) is 0 Å². The molecule has 1 heterocycles. The fourth-order valence-corrected chi connectivity index (χ4v) is 1.67. The first kappa shape index (κ1) is 13.4. The number of hydrogen-bond donors (Lipinski definition) is 1. The van der Waals surface area contributed by atoms with Gasteiger partial charge in [-0.25, -0.2) is 4.79 Å². The van der Waals surface area contributed by atoms with E-state index >= 15 is 0 Å². The zero-order valence-electron chi connectivity index (χ0n) is 10.5. The van der Waals surface area contributed by atoms with E-state index in [2.05, 4.69) is 5.10 Å². The summed E-state index contributed by atoms with van der Waals surface area (Å²) < 4.78 is 10.4. The minimum Gasteiger partial charge on any atom is -0.481 e. The number of hydrazone groups is 1. The topological polar surface area (TPSA) is 71.4 Å². The summed E-state index contributed by atoms with van der Waals surface area (Å²) in [6.45, 7) is 2.51. The van der Waals surface area contributed by atoms with E-state index in [0.717, 1.165) is 18.7 Å². The summed E-state index contributed by atoms with van der Waals surface area (Å²) in [5.41, 5.74) is 0.759. The standard InChI is InChI=1S/C13H16N2O4/c16-13(17)10-19-12-4-2-1-3-11(12)9-14-15-5-7-18-8-6-15/h1-4,9H,5-8,10H2,(H,16,17)/b14-9+. The summed E-state index contributed by atoms with van der Waals surface area (Å²) in [5.74, 6) is -0.484. The summed E-state index contributed by atoms with van der Waals surface area (Å²) in [6.07, 6.45) is 1.68. The molecule has 1 aliphatic heterocycles. The molecule has 0 aromatic heterocycles. The predicted octanol–water partition coefficient (Wildman–Crippen LogP) is 0.816. The summed E-state index contributed by atoms with van der Waals surface area (Å²) in [7, 11) is 0. The van der Waals surface area contributed by atoms with Crippen LogP contribution in [0.4, 0.5) is 0 Å². The van der Waals surface area contributed by atoms with E-state index in [4.69, 9.17) is 14.6 Å². The molecule has 1 fully saturated rings. The normalized spacial score (nSPS) is 15.7. The van der Waals surface area contributed by atoms with Gasteiger partial charge in [-0.3, -0.25) is 5.01 Å². The highest BCUT2D eigenvalue weighted by Crippen LogP contribution is 2.16. The molecule has 1 saturated heterocycles. The fraction of sp³-hybridized carbons (Fsp3) is 0.385. The highest BCUT2D eigenvalue weighted by atomic mass is 16.5. The molecular weight excluding hydrogens is 248 g/mol. The van der Waals surface area contributed by atoms with E-state index in [1.165, 1.54) is 0 Å². The van der Waals surface area contributed by atoms with Crippen LogP contribution in [0.25, 0.3) is 0 Å². The van der Waals surface area contributed by atoms with Crippen LogP contribution in [0.1, 0.15) is 5.56 Å². The van der Waals surface area contributed by atoms with Crippen LogP contribution in [0.2, 0.25) is 0 Å². The van der Waals surface area contributed by atoms with Gasteiger partial charge in [0.05, 0.1) is 32.5 Å². The summed E-state index contributed by atoms with van der Waals surface area (Å²) >= 11 is 0. The Morgan fingerprint density at radius 1 is 1.42 bits per heavy atom. The predicted molar refractivity (Wildman–Crippen MR) is 69.6 cm³/mol. The first-order valence-electron chi connectivity index (χ1n) is 6.06. The van der Waals surface area contributed by atoms with Crippen LogP contribution < -0.4 is 4.74 Å². The molecule has 0 aliphatic carbocycles. The first-order valence-corrected chi connectivity index (χ1v) is 6.06. The number of aliphatic carboxylic acids is 1. The molecule has 0 spiro atoms. The van der Waals surface area contributed by atoms with Crippen LogP contribution in [0, 0.1) is 0 Å². The number of rotatable bonds is 5. The Hall–Kier alpha value is -2.08. The largest absolute Gasteiger partial charge is 0.481 e. The van der Waals surface area contributed by atoms with E-state index in [0.29, 0.717) is 19.0 Å². The Morgan fingerprint density at radius 2 is 2.16 bits per heavy atom. The van der Waals surface area contributed by atoms with Gasteiger partial charge in [0.1, 0.15) is 5.75 Å². The first-order chi connectivity index (χ1) is 9.25. The number of carbonyl (C=O) groups is 1. The van der Waals surface area contributed by atoms with Gasteiger partial charge in [-0.15, -0.1) is 0 Å². The third-order valence-corrected chi connectivity index (χ3v) is 2.62. The number of carboxylic acids is 1. The Balaban J connectivity index is 2.01. The van der Waals surface area contributed by atoms with Crippen molar-refractivity contribution in [3.63, 3.8) is 0 Å². The van der Waals surface area contributed by atoms with Gasteiger partial charge in [-0.1, -0.05) is 12.1 Å². The summed E-state index contributed by atoms with van der Waals surface area (Å²) in [6, 6.07) is 7.21. The van der Waals surface area contributed by atoms with Crippen molar-refractivity contribution < 1.29 is 19.4 Å². The average Bonchev–Trinajstić information content (AvgIpc) is 2.45. The average molecular weight is 264 g/mol. The third kappa shape index (κ3) is 4.26. The lowest BCUT2D eigenvalue weighted by atomic mass is 10.2. The van der Waals surface area contributed by atoms with Crippen molar-refractivity contribution in [1.82, 2.24) is 5.01 Å². The Morgan fingerprint density at radius 3 is 2.89 bits per heavy atom. The highest BCUT2D eigenvalue weighted by molar-refractivity contribution is 5.83. The molecule has 1 aliphatic rings. The SMILES string of the molecule is O=C(O)COc1ccccc1/C=N/N1CCOCC1. The second kappa shape index (κ2) is 6.75. The molecule has 1 N–H and O–H groups in total. The van der Waals surface area contributed by atoms with Crippen LogP contribution in [0.3, 0.4) is 0 Å². The molecule has 0 bridgehead atoms. The van der Waals surface area contributed by atoms with Crippen molar-refractivity contribution in [2.24, 2.45) is 5.10 Å². The summed E-state index contributed by atoms with van der Waals surface area (Å²) in [5, 5.41) is 14.9. The monoisotopic (exact) mass is 264 g/mol. The lowest BCUT2D eigenvalue weighted by Gasteiger charge is -2.23. The molecule has 6 heteroatoms. The quantitative estimate of drug-likeness (QED) is 0.797. The minimum absolute atomic E-state index is 0.359. The van der Waals surface area contributed by atoms with E-state index in [9.17, 15) is 4.79 Å². The molecule has 0 radical (unpaired) electrons. The smallest absolute Gasteiger partial charge is 0.341 e. The number of para-hydroxylation sites is 1. The molecule has 0 saturated carbocycles. The Bertz CT molecular complexity index is 456. The molecule has 1 aromatic carbocycles. The van der Waals surface area contributed by atoms with Crippen molar-refractivity contribution in [2.45, 2.75) is 0 Å². The third-order valence-electron chi connectivity index (χ3n) is 2.62. The van der Waals surface area contributed by atoms with Crippen molar-refractivity contribution in [1.29, 1.82) is 0 Å². The molecule has 102 valence electrons. The molecular formula is C13H16N2O4. The van der Waals surface area contributed by atoms with E-state index < -0.39 is 5.97 Å². The number of morpholine rings is 1. The number of carboxylic acid groups (broad SMARTS) is 1. The van der Waals surface area contributed by atoms with Gasteiger partial charge in [0.25, 0.3) is 0 Å². The molecule has 19 heavy (non-hydrogen) atoms. The van der Waals surface area contributed by atoms with Gasteiger partial charge >= 0.3 is 5.97 Å². The maximum atomic E-state index is 10.5. The summed E-state index contributed by atoms with van der Waals surface area (Å²) in [4.78, 5) is 10.5. The van der Waals surface area contributed by atoms with E-state index in [1.807, 2.05) is 17.1 Å². The molecule has 0 atom stereocenters. The highest BCUT2D eigenvalue weighted by Gasteiger charge is 2.07. The number of nitrogens with zero attached hydrogens (tertiary/aromatic N) is 2. The van der Waals surface area contributed by atoms with Crippen molar-refractivity contribution in [3.05, 3.63) is 29.8 Å². The van der Waals surface area contributed by atoms with Gasteiger partial charge in [-0.2, -0.15) is 5.10 Å². The van der Waals surface area contributed by atoms with Crippen molar-refractivity contribution in [2.75, 3.05) is 32.9 Å². The van der Waals surface area contributed by atoms with Crippen LogP contribution in [-0.2, 0) is 9.53 Å². The Labute approximate surface area is 111 Å². The zero-order valence-corrected chi connectivity index (χ0v) is 10.5. The van der Waals surface area contributed by atoms with Gasteiger partial charge in [0.15, 0.2) is 6.61 Å². The number of hydrogen-bond acceptors (Lipinski definition) is 5. The second-order valence-corrected chi connectivity index (χ2v) is 4.03. The fourth-order valence-electron chi connectivity index (χ4n) is 1.67. The molecule has 1 aromatic rings. The van der Waals surface area contributed by atoms with E-state index in [-0.39, 0.29) is 6.61 Å². The molecule has 0 unspecified atom stereocenters. The van der Waals surface area contributed by atoms with Gasteiger partial charge in [-0.05, 0) is 12.1 Å². The van der Waals surface area contributed by atoms with Crippen LogP contribution in [0.5, 0.6) is 5.75 Å². The number of benzene rings is 1. The lowest BCUT2D eigenvalue weighted by molar-refractivity contribution is -0.139. The van der Waals surface area contributed by atoms with Crippen LogP contribution in [0.15, 0.2) is 29.4 Å². The van der Waals surface area contributed by atoms with Gasteiger partial charge in [0, 0.05) is 5.56 Å². The second-order valence-electron chi connectivity index (χ2n) is 4.03. The van der Waals surface area contributed by atoms with E-state index in [1.54, 1.807) is 18.3 Å². The molecule has 2 rings (SSSR count). The maximum Gasteiger partial charge on any atom is 0.341 e. The zero-order chi connectivity index (χ0) is 13.5. The van der Waals surface area contributed by atoms with Crippen LogP contribution >= 0.6 is 0 Å². The van der Waals surface area contributed by atoms with Crippen LogP contribution in [-0.4, -0.2) is 55.2 Å². The lowest BCUT2D eigenvalue weighted by Crippen LogP contribution is -2.32. The van der Waals surface area contributed by atoms with Crippen molar-refractivity contribution >= 4 is 12.2 Å². The Kier molecular flexibility index (Phi) is 4.74.